The molecule has 0 saturated heterocycles. The van der Waals surface area contributed by atoms with E-state index in [1.165, 1.54) is 24.3 Å². The highest BCUT2D eigenvalue weighted by Crippen LogP contribution is 2.32. The van der Waals surface area contributed by atoms with Crippen LogP contribution in [0.5, 0.6) is 11.5 Å². The third-order valence-electron chi connectivity index (χ3n) is 2.93. The highest BCUT2D eigenvalue weighted by Gasteiger charge is 2.15. The number of nitrogens with zero attached hydrogens (tertiary/aromatic N) is 1. The lowest BCUT2D eigenvalue weighted by atomic mass is 10.2. The highest BCUT2D eigenvalue weighted by atomic mass is 79.9. The van der Waals surface area contributed by atoms with Gasteiger partial charge in [-0.2, -0.15) is 0 Å². The Kier molecular flexibility index (Phi) is 3.39. The normalized spacial score (nSPS) is 11.5. The first-order valence-corrected chi connectivity index (χ1v) is 6.89. The van der Waals surface area contributed by atoms with Crippen LogP contribution in [0.15, 0.2) is 39.7 Å². The number of aromatic hydroxyl groups is 2. The van der Waals surface area contributed by atoms with Crippen molar-refractivity contribution in [3.63, 3.8) is 0 Å². The van der Waals surface area contributed by atoms with Gasteiger partial charge in [-0.3, -0.25) is 0 Å². The molecule has 0 aliphatic carbocycles. The minimum absolute atomic E-state index is 0.0362. The van der Waals surface area contributed by atoms with Gasteiger partial charge in [0.25, 0.3) is 0 Å². The van der Waals surface area contributed by atoms with Gasteiger partial charge in [-0.15, -0.1) is 0 Å². The van der Waals surface area contributed by atoms with Crippen LogP contribution in [0.25, 0.3) is 28.6 Å². The fraction of sp³-hybridized carbons (Fsp3) is 0. The second-order valence-electron chi connectivity index (χ2n) is 4.36. The Bertz CT molecular complexity index is 857. The van der Waals surface area contributed by atoms with Crippen LogP contribution in [0.2, 0.25) is 0 Å². The lowest BCUT2D eigenvalue weighted by molar-refractivity contribution is 0.469. The lowest BCUT2D eigenvalue weighted by Gasteiger charge is -1.98. The Morgan fingerprint density at radius 1 is 1.14 bits per heavy atom. The van der Waals surface area contributed by atoms with E-state index in [9.17, 15) is 14.6 Å². The molecule has 0 aliphatic heterocycles. The van der Waals surface area contributed by atoms with Crippen molar-refractivity contribution >= 4 is 33.1 Å². The molecule has 1 aromatic heterocycles. The van der Waals surface area contributed by atoms with E-state index in [1.807, 2.05) is 0 Å². The zero-order chi connectivity index (χ0) is 15.0. The predicted molar refractivity (Wildman–Crippen MR) is 80.7 cm³/mol. The van der Waals surface area contributed by atoms with Crippen LogP contribution in [-0.2, 0) is 0 Å². The molecule has 0 spiro atoms. The van der Waals surface area contributed by atoms with Crippen molar-refractivity contribution < 1.29 is 19.0 Å². The second kappa shape index (κ2) is 5.21. The zero-order valence-corrected chi connectivity index (χ0v) is 12.1. The fourth-order valence-corrected chi connectivity index (χ4v) is 2.31. The van der Waals surface area contributed by atoms with Gasteiger partial charge in [-0.25, -0.2) is 9.37 Å². The smallest absolute Gasteiger partial charge is 0.230 e. The lowest BCUT2D eigenvalue weighted by Crippen LogP contribution is -1.83. The van der Waals surface area contributed by atoms with E-state index >= 15 is 0 Å². The molecule has 6 heteroatoms. The van der Waals surface area contributed by atoms with Gasteiger partial charge < -0.3 is 14.6 Å². The summed E-state index contributed by atoms with van der Waals surface area (Å²) >= 11 is 3.16. The Morgan fingerprint density at radius 3 is 2.67 bits per heavy atom. The van der Waals surface area contributed by atoms with Crippen LogP contribution in [0.1, 0.15) is 5.56 Å². The summed E-state index contributed by atoms with van der Waals surface area (Å²) in [5.41, 5.74) is 1.60. The van der Waals surface area contributed by atoms with Crippen molar-refractivity contribution in [2.24, 2.45) is 0 Å². The Balaban J connectivity index is 2.23. The maximum absolute atomic E-state index is 13.9. The summed E-state index contributed by atoms with van der Waals surface area (Å²) in [5.74, 6) is -0.692. The molecule has 0 fully saturated rings. The highest BCUT2D eigenvalue weighted by molar-refractivity contribution is 9.11. The molecule has 0 radical (unpaired) electrons. The van der Waals surface area contributed by atoms with E-state index in [0.717, 1.165) is 6.07 Å². The van der Waals surface area contributed by atoms with E-state index in [1.54, 1.807) is 11.1 Å². The van der Waals surface area contributed by atoms with E-state index in [2.05, 4.69) is 20.9 Å². The fourth-order valence-electron chi connectivity index (χ4n) is 2.03. The van der Waals surface area contributed by atoms with Crippen LogP contribution in [0.3, 0.4) is 0 Å². The van der Waals surface area contributed by atoms with Gasteiger partial charge in [-0.1, -0.05) is 15.9 Å². The number of hydrogen-bond donors (Lipinski definition) is 2. The average molecular weight is 350 g/mol. The number of phenolic OH excluding ortho intramolecular Hbond substituents is 2. The van der Waals surface area contributed by atoms with Crippen molar-refractivity contribution in [1.29, 1.82) is 0 Å². The zero-order valence-electron chi connectivity index (χ0n) is 10.5. The molecular formula is C15H9BrFNO3. The van der Waals surface area contributed by atoms with Crippen molar-refractivity contribution in [3.8, 4) is 23.0 Å². The Morgan fingerprint density at radius 2 is 1.95 bits per heavy atom. The van der Waals surface area contributed by atoms with E-state index in [-0.39, 0.29) is 23.0 Å². The molecule has 0 unspecified atom stereocenters. The molecule has 1 heterocycles. The molecular weight excluding hydrogens is 341 g/mol. The summed E-state index contributed by atoms with van der Waals surface area (Å²) in [6.45, 7) is 0. The average Bonchev–Trinajstić information content (AvgIpc) is 2.82. The number of hydrogen-bond acceptors (Lipinski definition) is 4. The monoisotopic (exact) mass is 349 g/mol. The van der Waals surface area contributed by atoms with Crippen LogP contribution >= 0.6 is 15.9 Å². The van der Waals surface area contributed by atoms with Crippen molar-refractivity contribution in [3.05, 3.63) is 46.7 Å². The summed E-state index contributed by atoms with van der Waals surface area (Å²) in [4.78, 5) is 5.80. The van der Waals surface area contributed by atoms with Gasteiger partial charge in [0.1, 0.15) is 22.8 Å². The summed E-state index contributed by atoms with van der Waals surface area (Å²) in [6.07, 6.45) is 1.68. The molecule has 0 bridgehead atoms. The maximum atomic E-state index is 13.9. The van der Waals surface area contributed by atoms with Crippen molar-refractivity contribution in [2.45, 2.75) is 0 Å². The Labute approximate surface area is 127 Å². The Hall–Kier alpha value is -2.34. The number of halogens is 2. The van der Waals surface area contributed by atoms with Gasteiger partial charge in [0.15, 0.2) is 5.58 Å². The minimum atomic E-state index is -0.636. The first kappa shape index (κ1) is 13.6. The number of oxazole rings is 1. The standard InChI is InChI=1S/C15H9BrFNO3/c16-4-3-8-5-10(20)7-13-14(8)21-15(18-13)11-2-1-9(19)6-12(11)17/h1-7,19-20H/b4-3+. The first-order valence-electron chi connectivity index (χ1n) is 5.97. The molecule has 106 valence electrons. The summed E-state index contributed by atoms with van der Waals surface area (Å²) in [5, 5.41) is 18.9. The third-order valence-corrected chi connectivity index (χ3v) is 3.19. The van der Waals surface area contributed by atoms with Gasteiger partial charge in [0.05, 0.1) is 5.56 Å². The molecule has 3 aromatic rings. The molecule has 2 N–H and O–H groups in total. The number of benzene rings is 2. The van der Waals surface area contributed by atoms with E-state index in [0.29, 0.717) is 16.7 Å². The van der Waals surface area contributed by atoms with E-state index < -0.39 is 5.82 Å². The van der Waals surface area contributed by atoms with Crippen molar-refractivity contribution in [2.75, 3.05) is 0 Å². The summed E-state index contributed by atoms with van der Waals surface area (Å²) in [6, 6.07) is 6.68. The molecule has 0 aliphatic rings. The number of fused-ring (bicyclic) bond motifs is 1. The number of aromatic nitrogens is 1. The van der Waals surface area contributed by atoms with Gasteiger partial charge in [0.2, 0.25) is 5.89 Å². The molecule has 0 amide bonds. The molecule has 2 aromatic carbocycles. The van der Waals surface area contributed by atoms with Crippen LogP contribution in [0, 0.1) is 5.82 Å². The molecule has 0 atom stereocenters. The minimum Gasteiger partial charge on any atom is -0.508 e. The van der Waals surface area contributed by atoms with Gasteiger partial charge in [-0.05, 0) is 29.3 Å². The van der Waals surface area contributed by atoms with Crippen LogP contribution in [0.4, 0.5) is 4.39 Å². The molecule has 3 rings (SSSR count). The van der Waals surface area contributed by atoms with Crippen LogP contribution in [-0.4, -0.2) is 15.2 Å². The topological polar surface area (TPSA) is 66.5 Å². The first-order chi connectivity index (χ1) is 10.1. The van der Waals surface area contributed by atoms with Gasteiger partial charge >= 0.3 is 0 Å². The summed E-state index contributed by atoms with van der Waals surface area (Å²) in [7, 11) is 0. The van der Waals surface area contributed by atoms with Gasteiger partial charge in [0, 0.05) is 17.7 Å². The van der Waals surface area contributed by atoms with E-state index in [4.69, 9.17) is 4.42 Å². The van der Waals surface area contributed by atoms with Crippen LogP contribution < -0.4 is 0 Å². The molecule has 21 heavy (non-hydrogen) atoms. The quantitative estimate of drug-likeness (QED) is 0.719. The number of phenols is 2. The molecule has 0 saturated carbocycles. The third kappa shape index (κ3) is 2.50. The van der Waals surface area contributed by atoms with Crippen molar-refractivity contribution in [1.82, 2.24) is 4.98 Å². The predicted octanol–water partition coefficient (Wildman–Crippen LogP) is 4.41. The largest absolute Gasteiger partial charge is 0.508 e. The maximum Gasteiger partial charge on any atom is 0.230 e. The summed E-state index contributed by atoms with van der Waals surface area (Å²) < 4.78 is 19.5. The SMILES string of the molecule is Oc1ccc(-c2nc3cc(O)cc(/C=C/Br)c3o2)c(F)c1. The second-order valence-corrected chi connectivity index (χ2v) is 4.89. The molecule has 4 nitrogen and oxygen atoms in total. The number of rotatable bonds is 2.